The Kier molecular flexibility index (Phi) is 8.73. The summed E-state index contributed by atoms with van der Waals surface area (Å²) in [6.07, 6.45) is 11.1. The molecule has 172 valence electrons. The van der Waals surface area contributed by atoms with Crippen LogP contribution in [-0.4, -0.2) is 34.9 Å². The van der Waals surface area contributed by atoms with Crippen molar-refractivity contribution in [1.82, 2.24) is 4.90 Å². The third-order valence-electron chi connectivity index (χ3n) is 5.60. The third kappa shape index (κ3) is 5.63. The van der Waals surface area contributed by atoms with Gasteiger partial charge in [-0.05, 0) is 62.0 Å². The van der Waals surface area contributed by atoms with Crippen molar-refractivity contribution in [3.63, 3.8) is 0 Å². The summed E-state index contributed by atoms with van der Waals surface area (Å²) in [6.45, 7) is 18.3. The first-order valence-electron chi connectivity index (χ1n) is 11.0. The second-order valence-corrected chi connectivity index (χ2v) is 8.66. The number of ether oxygens (including phenoxy) is 1. The molecule has 1 aromatic rings. The molecule has 2 aliphatic heterocycles. The number of nitrogens with zero attached hydrogens (tertiary/aromatic N) is 1. The molecule has 0 bridgehead atoms. The van der Waals surface area contributed by atoms with E-state index in [1.165, 1.54) is 11.1 Å². The Labute approximate surface area is 193 Å². The lowest BCUT2D eigenvalue weighted by molar-refractivity contribution is 0.248. The highest BCUT2D eigenvalue weighted by molar-refractivity contribution is 5.78. The lowest BCUT2D eigenvalue weighted by Gasteiger charge is -2.41. The quantitative estimate of drug-likeness (QED) is 0.424. The smallest absolute Gasteiger partial charge is 0.122 e. The summed E-state index contributed by atoms with van der Waals surface area (Å²) < 4.78 is 5.55. The third-order valence-corrected chi connectivity index (χ3v) is 5.60. The van der Waals surface area contributed by atoms with E-state index >= 15 is 0 Å². The van der Waals surface area contributed by atoms with Crippen LogP contribution >= 0.6 is 0 Å². The maximum Gasteiger partial charge on any atom is 0.122 e. The maximum atomic E-state index is 9.99. The standard InChI is InChI=1S/C24H27NO2.C4H10O/c1-7-8-9-15(2)22-12-19-10-17(4)24(27-6)13-20(19)23-11-16(3)21(18(5)26)14-25(22)23;1-4(2)3-5/h7-11,13-14,22,26H,3,5,12H2,1-2,4,6H3;4-5H,3H2,1-2H3/b8-7-,15-9+;. The first-order valence-corrected chi connectivity index (χ1v) is 11.0. The highest BCUT2D eigenvalue weighted by Gasteiger charge is 2.33. The van der Waals surface area contributed by atoms with E-state index in [1.54, 1.807) is 7.11 Å². The van der Waals surface area contributed by atoms with Crippen molar-refractivity contribution in [2.24, 2.45) is 5.92 Å². The lowest BCUT2D eigenvalue weighted by atomic mass is 9.84. The molecule has 4 heteroatoms. The summed E-state index contributed by atoms with van der Waals surface area (Å²) in [5.41, 5.74) is 7.33. The molecule has 0 radical (unpaired) electrons. The molecule has 0 spiro atoms. The van der Waals surface area contributed by atoms with Gasteiger partial charge in [-0.25, -0.2) is 0 Å². The van der Waals surface area contributed by atoms with Gasteiger partial charge in [0.1, 0.15) is 11.5 Å². The minimum atomic E-state index is 0.0384. The van der Waals surface area contributed by atoms with Crippen molar-refractivity contribution in [3.8, 4) is 5.75 Å². The fourth-order valence-electron chi connectivity index (χ4n) is 3.76. The van der Waals surface area contributed by atoms with Gasteiger partial charge < -0.3 is 19.8 Å². The molecule has 32 heavy (non-hydrogen) atoms. The number of fused-ring (bicyclic) bond motifs is 3. The van der Waals surface area contributed by atoms with Crippen molar-refractivity contribution in [1.29, 1.82) is 0 Å². The number of benzene rings is 1. The Morgan fingerprint density at radius 3 is 2.53 bits per heavy atom. The topological polar surface area (TPSA) is 52.9 Å². The largest absolute Gasteiger partial charge is 0.508 e. The molecule has 0 aliphatic carbocycles. The van der Waals surface area contributed by atoms with E-state index < -0.39 is 0 Å². The summed E-state index contributed by atoms with van der Waals surface area (Å²) in [6, 6.07) is 4.48. The first-order chi connectivity index (χ1) is 15.1. The van der Waals surface area contributed by atoms with Gasteiger partial charge >= 0.3 is 0 Å². The maximum absolute atomic E-state index is 9.99. The zero-order chi connectivity index (χ0) is 24.0. The number of aliphatic hydroxyl groups is 2. The molecule has 2 N–H and O–H groups in total. The van der Waals surface area contributed by atoms with Gasteiger partial charge in [0, 0.05) is 29.6 Å². The van der Waals surface area contributed by atoms with Gasteiger partial charge in [0.25, 0.3) is 0 Å². The molecular weight excluding hydrogens is 398 g/mol. The monoisotopic (exact) mass is 435 g/mol. The Balaban J connectivity index is 0.000000654. The number of allylic oxidation sites excluding steroid dienone is 5. The zero-order valence-electron chi connectivity index (χ0n) is 20.3. The number of aliphatic hydroxyl groups excluding tert-OH is 2. The second-order valence-electron chi connectivity index (χ2n) is 8.66. The Hall–Kier alpha value is -2.98. The Morgan fingerprint density at radius 1 is 1.34 bits per heavy atom. The van der Waals surface area contributed by atoms with E-state index in [4.69, 9.17) is 9.84 Å². The molecule has 4 nitrogen and oxygen atoms in total. The summed E-state index contributed by atoms with van der Waals surface area (Å²) in [5.74, 6) is 1.35. The number of rotatable bonds is 5. The van der Waals surface area contributed by atoms with Crippen LogP contribution in [0.25, 0.3) is 5.70 Å². The molecule has 0 aromatic heterocycles. The van der Waals surface area contributed by atoms with Gasteiger partial charge in [-0.1, -0.05) is 56.9 Å². The molecule has 1 unspecified atom stereocenters. The molecule has 2 aliphatic rings. The fourth-order valence-corrected chi connectivity index (χ4v) is 3.76. The van der Waals surface area contributed by atoms with E-state index in [-0.39, 0.29) is 11.8 Å². The van der Waals surface area contributed by atoms with Crippen LogP contribution in [0.4, 0.5) is 0 Å². The minimum absolute atomic E-state index is 0.0384. The predicted molar refractivity (Wildman–Crippen MR) is 135 cm³/mol. The van der Waals surface area contributed by atoms with Crippen LogP contribution < -0.4 is 4.74 Å². The summed E-state index contributed by atoms with van der Waals surface area (Å²) in [5, 5.41) is 18.1. The molecule has 0 saturated heterocycles. The van der Waals surface area contributed by atoms with Crippen molar-refractivity contribution in [3.05, 3.63) is 95.0 Å². The molecule has 0 fully saturated rings. The van der Waals surface area contributed by atoms with Gasteiger partial charge in [-0.15, -0.1) is 0 Å². The molecule has 0 amide bonds. The van der Waals surface area contributed by atoms with Gasteiger partial charge in [-0.3, -0.25) is 0 Å². The number of methoxy groups -OCH3 is 1. The molecule has 3 rings (SSSR count). The average molecular weight is 436 g/mol. The lowest BCUT2D eigenvalue weighted by Crippen LogP contribution is -2.38. The number of hydrogen-bond donors (Lipinski definition) is 2. The average Bonchev–Trinajstić information content (AvgIpc) is 2.76. The van der Waals surface area contributed by atoms with Crippen LogP contribution in [0.1, 0.15) is 44.4 Å². The van der Waals surface area contributed by atoms with E-state index in [9.17, 15) is 5.11 Å². The van der Waals surface area contributed by atoms with Crippen molar-refractivity contribution >= 4 is 5.70 Å². The highest BCUT2D eigenvalue weighted by Crippen LogP contribution is 2.42. The number of hydrogen-bond acceptors (Lipinski definition) is 4. The predicted octanol–water partition coefficient (Wildman–Crippen LogP) is 6.25. The van der Waals surface area contributed by atoms with Crippen LogP contribution in [0.3, 0.4) is 0 Å². The molecule has 1 atom stereocenters. The molecule has 0 saturated carbocycles. The molecule has 2 heterocycles. The van der Waals surface area contributed by atoms with Crippen LogP contribution in [0.15, 0.2) is 78.3 Å². The second kappa shape index (κ2) is 11.1. The van der Waals surface area contributed by atoms with Gasteiger partial charge in [0.2, 0.25) is 0 Å². The van der Waals surface area contributed by atoms with Crippen LogP contribution in [-0.2, 0) is 6.42 Å². The van der Waals surface area contributed by atoms with Crippen LogP contribution in [0, 0.1) is 12.8 Å². The summed E-state index contributed by atoms with van der Waals surface area (Å²) in [4.78, 5) is 2.22. The molecule has 1 aromatic carbocycles. The zero-order valence-corrected chi connectivity index (χ0v) is 20.3. The Bertz CT molecular complexity index is 992. The number of aryl methyl sites for hydroxylation is 1. The van der Waals surface area contributed by atoms with Gasteiger partial charge in [-0.2, -0.15) is 0 Å². The van der Waals surface area contributed by atoms with Crippen molar-refractivity contribution in [2.75, 3.05) is 13.7 Å². The van der Waals surface area contributed by atoms with Gasteiger partial charge in [0.15, 0.2) is 0 Å². The summed E-state index contributed by atoms with van der Waals surface area (Å²) >= 11 is 0. The van der Waals surface area contributed by atoms with E-state index in [1.807, 2.05) is 39.1 Å². The molecular formula is C28H37NO3. The van der Waals surface area contributed by atoms with Crippen molar-refractivity contribution in [2.45, 2.75) is 47.1 Å². The van der Waals surface area contributed by atoms with Crippen molar-refractivity contribution < 1.29 is 14.9 Å². The van der Waals surface area contributed by atoms with E-state index in [0.29, 0.717) is 18.1 Å². The van der Waals surface area contributed by atoms with Crippen LogP contribution in [0.5, 0.6) is 5.75 Å². The highest BCUT2D eigenvalue weighted by atomic mass is 16.5. The SMILES string of the molecule is C=C(O)C1=CN2C(=CC1=C)c1cc(OC)c(C)cc1CC2/C(C)=C/C=C\C.CC(C)CO. The normalized spacial score (nSPS) is 17.9. The summed E-state index contributed by atoms with van der Waals surface area (Å²) in [7, 11) is 1.70. The van der Waals surface area contributed by atoms with Gasteiger partial charge in [0.05, 0.1) is 13.2 Å². The minimum Gasteiger partial charge on any atom is -0.508 e. The fraction of sp³-hybridized carbons (Fsp3) is 0.357. The van der Waals surface area contributed by atoms with E-state index in [2.05, 4.69) is 56.2 Å². The first kappa shape index (κ1) is 25.3. The van der Waals surface area contributed by atoms with Crippen LogP contribution in [0.2, 0.25) is 0 Å². The Morgan fingerprint density at radius 2 is 2.00 bits per heavy atom. The van der Waals surface area contributed by atoms with E-state index in [0.717, 1.165) is 34.6 Å².